The molecule has 158 valence electrons. The molecule has 1 amide bonds. The zero-order valence-corrected chi connectivity index (χ0v) is 17.3. The van der Waals surface area contributed by atoms with Gasteiger partial charge in [0.25, 0.3) is 0 Å². The number of rotatable bonds is 4. The molecule has 2 aliphatic carbocycles. The van der Waals surface area contributed by atoms with Crippen molar-refractivity contribution in [1.29, 1.82) is 0 Å². The summed E-state index contributed by atoms with van der Waals surface area (Å²) < 4.78 is 5.66. The van der Waals surface area contributed by atoms with E-state index in [9.17, 15) is 9.90 Å². The van der Waals surface area contributed by atoms with E-state index in [-0.39, 0.29) is 12.0 Å². The maximum absolute atomic E-state index is 12.5. The molecule has 0 bridgehead atoms. The van der Waals surface area contributed by atoms with Gasteiger partial charge in [0.05, 0.1) is 5.60 Å². The van der Waals surface area contributed by atoms with Crippen LogP contribution in [-0.2, 0) is 10.3 Å². The molecule has 1 heterocycles. The van der Waals surface area contributed by atoms with Crippen LogP contribution >= 0.6 is 0 Å². The molecule has 0 radical (unpaired) electrons. The van der Waals surface area contributed by atoms with E-state index in [4.69, 9.17) is 4.74 Å². The lowest BCUT2D eigenvalue weighted by Crippen LogP contribution is -2.42. The lowest BCUT2D eigenvalue weighted by atomic mass is 9.78. The van der Waals surface area contributed by atoms with Gasteiger partial charge in [-0.2, -0.15) is 0 Å². The van der Waals surface area contributed by atoms with Gasteiger partial charge in [0.2, 0.25) is 0 Å². The molecular weight excluding hydrogens is 388 g/mol. The maximum Gasteiger partial charge on any atom is 0.407 e. The fraction of sp³-hybridized carbons (Fsp3) is 0.308. The van der Waals surface area contributed by atoms with Crippen LogP contribution in [0, 0.1) is 0 Å². The van der Waals surface area contributed by atoms with E-state index < -0.39 is 11.7 Å². The van der Waals surface area contributed by atoms with Crippen LogP contribution in [0.3, 0.4) is 0 Å². The number of amides is 1. The van der Waals surface area contributed by atoms with E-state index in [0.717, 1.165) is 5.56 Å². The van der Waals surface area contributed by atoms with Crippen LogP contribution in [-0.4, -0.2) is 28.8 Å². The SMILES string of the molecule is O=C(NC1CCC(O)(c2cccnc2)CC1)OCC1c2ccccc2-c2ccccc21. The molecule has 2 aliphatic rings. The van der Waals surface area contributed by atoms with Gasteiger partial charge in [-0.3, -0.25) is 4.98 Å². The normalized spacial score (nSPS) is 22.4. The summed E-state index contributed by atoms with van der Waals surface area (Å²) in [6, 6.07) is 20.4. The molecule has 0 spiro atoms. The molecule has 3 aromatic rings. The molecule has 0 unspecified atom stereocenters. The smallest absolute Gasteiger partial charge is 0.407 e. The lowest BCUT2D eigenvalue weighted by molar-refractivity contribution is -0.00877. The van der Waals surface area contributed by atoms with Crippen molar-refractivity contribution in [2.75, 3.05) is 6.61 Å². The molecule has 1 aromatic heterocycles. The Morgan fingerprint density at radius 3 is 2.26 bits per heavy atom. The highest BCUT2D eigenvalue weighted by molar-refractivity contribution is 5.79. The molecule has 31 heavy (non-hydrogen) atoms. The zero-order chi connectivity index (χ0) is 21.3. The highest BCUT2D eigenvalue weighted by Gasteiger charge is 2.36. The highest BCUT2D eigenvalue weighted by Crippen LogP contribution is 2.44. The second-order valence-electron chi connectivity index (χ2n) is 8.52. The van der Waals surface area contributed by atoms with Crippen LogP contribution in [0.25, 0.3) is 11.1 Å². The second-order valence-corrected chi connectivity index (χ2v) is 8.52. The maximum atomic E-state index is 12.5. The number of benzene rings is 2. The molecule has 0 atom stereocenters. The highest BCUT2D eigenvalue weighted by atomic mass is 16.5. The molecule has 1 fully saturated rings. The van der Waals surface area contributed by atoms with Crippen molar-refractivity contribution < 1.29 is 14.6 Å². The summed E-state index contributed by atoms with van der Waals surface area (Å²) in [7, 11) is 0. The van der Waals surface area contributed by atoms with Gasteiger partial charge < -0.3 is 15.2 Å². The largest absolute Gasteiger partial charge is 0.449 e. The van der Waals surface area contributed by atoms with Crippen molar-refractivity contribution in [3.05, 3.63) is 89.7 Å². The number of nitrogens with zero attached hydrogens (tertiary/aromatic N) is 1. The first-order chi connectivity index (χ1) is 15.1. The summed E-state index contributed by atoms with van der Waals surface area (Å²) in [5.74, 6) is 0.0557. The Hall–Kier alpha value is -3.18. The van der Waals surface area contributed by atoms with Crippen molar-refractivity contribution in [3.63, 3.8) is 0 Å². The summed E-state index contributed by atoms with van der Waals surface area (Å²) in [6.45, 7) is 0.312. The number of aliphatic hydroxyl groups is 1. The van der Waals surface area contributed by atoms with Gasteiger partial charge >= 0.3 is 6.09 Å². The quantitative estimate of drug-likeness (QED) is 0.646. The zero-order valence-electron chi connectivity index (χ0n) is 17.3. The van der Waals surface area contributed by atoms with Crippen LogP contribution in [0.15, 0.2) is 73.1 Å². The molecule has 2 N–H and O–H groups in total. The van der Waals surface area contributed by atoms with Crippen LogP contribution < -0.4 is 5.32 Å². The van der Waals surface area contributed by atoms with Gasteiger partial charge in [0.15, 0.2) is 0 Å². The Kier molecular flexibility index (Phi) is 5.20. The number of alkyl carbamates (subject to hydrolysis) is 1. The summed E-state index contributed by atoms with van der Waals surface area (Å²) >= 11 is 0. The van der Waals surface area contributed by atoms with Crippen molar-refractivity contribution >= 4 is 6.09 Å². The Labute approximate surface area is 182 Å². The predicted molar refractivity (Wildman–Crippen MR) is 119 cm³/mol. The minimum Gasteiger partial charge on any atom is -0.449 e. The molecule has 5 nitrogen and oxygen atoms in total. The third kappa shape index (κ3) is 3.81. The second kappa shape index (κ2) is 8.16. The van der Waals surface area contributed by atoms with Crippen LogP contribution in [0.2, 0.25) is 0 Å². The Balaban J connectivity index is 1.18. The molecule has 0 aliphatic heterocycles. The molecule has 5 rings (SSSR count). The number of aromatic nitrogens is 1. The Morgan fingerprint density at radius 2 is 1.65 bits per heavy atom. The third-order valence-electron chi connectivity index (χ3n) is 6.68. The monoisotopic (exact) mass is 414 g/mol. The number of ether oxygens (including phenoxy) is 1. The Bertz CT molecular complexity index is 1030. The number of carbonyl (C=O) groups is 1. The molecule has 0 saturated heterocycles. The molecule has 2 aromatic carbocycles. The molecule has 5 heteroatoms. The summed E-state index contributed by atoms with van der Waals surface area (Å²) in [5, 5.41) is 13.9. The number of hydrogen-bond acceptors (Lipinski definition) is 4. The van der Waals surface area contributed by atoms with Gasteiger partial charge in [-0.15, -0.1) is 0 Å². The topological polar surface area (TPSA) is 71.5 Å². The lowest BCUT2D eigenvalue weighted by Gasteiger charge is -2.36. The van der Waals surface area contributed by atoms with Crippen molar-refractivity contribution in [1.82, 2.24) is 10.3 Å². The first kappa shape index (κ1) is 19.8. The average Bonchev–Trinajstić information content (AvgIpc) is 3.14. The van der Waals surface area contributed by atoms with Crippen LogP contribution in [0.4, 0.5) is 4.79 Å². The fourth-order valence-corrected chi connectivity index (χ4v) is 4.97. The van der Waals surface area contributed by atoms with Gasteiger partial charge in [0, 0.05) is 29.9 Å². The van der Waals surface area contributed by atoms with Gasteiger partial charge in [-0.1, -0.05) is 54.6 Å². The first-order valence-corrected chi connectivity index (χ1v) is 10.9. The van der Waals surface area contributed by atoms with E-state index in [1.54, 1.807) is 12.4 Å². The number of fused-ring (bicyclic) bond motifs is 3. The van der Waals surface area contributed by atoms with Gasteiger partial charge in [0.1, 0.15) is 6.61 Å². The molecule has 1 saturated carbocycles. The number of hydrogen-bond donors (Lipinski definition) is 2. The van der Waals surface area contributed by atoms with Crippen molar-refractivity contribution in [3.8, 4) is 11.1 Å². The van der Waals surface area contributed by atoms with Gasteiger partial charge in [-0.25, -0.2) is 4.79 Å². The van der Waals surface area contributed by atoms with E-state index in [0.29, 0.717) is 32.3 Å². The van der Waals surface area contributed by atoms with Crippen LogP contribution in [0.5, 0.6) is 0 Å². The standard InChI is InChI=1S/C26H26N2O3/c29-25(28-19-11-13-26(30,14-12-19)18-6-5-15-27-16-18)31-17-24-22-9-3-1-7-20(22)21-8-2-4-10-23(21)24/h1-10,15-16,19,24,30H,11-14,17H2,(H,28,29). The number of carbonyl (C=O) groups excluding carboxylic acids is 1. The van der Waals surface area contributed by atoms with E-state index in [2.05, 4.69) is 34.6 Å². The van der Waals surface area contributed by atoms with Gasteiger partial charge in [-0.05, 0) is 54.0 Å². The van der Waals surface area contributed by atoms with E-state index >= 15 is 0 Å². The van der Waals surface area contributed by atoms with Crippen LogP contribution in [0.1, 0.15) is 48.3 Å². The summed E-state index contributed by atoms with van der Waals surface area (Å²) in [5.41, 5.74) is 4.82. The first-order valence-electron chi connectivity index (χ1n) is 10.9. The average molecular weight is 415 g/mol. The van der Waals surface area contributed by atoms with Crippen molar-refractivity contribution in [2.45, 2.75) is 43.2 Å². The van der Waals surface area contributed by atoms with Crippen molar-refractivity contribution in [2.24, 2.45) is 0 Å². The minimum absolute atomic E-state index is 0.00703. The Morgan fingerprint density at radius 1 is 1.00 bits per heavy atom. The van der Waals surface area contributed by atoms with E-state index in [1.165, 1.54) is 22.3 Å². The number of nitrogens with one attached hydrogen (secondary N) is 1. The summed E-state index contributed by atoms with van der Waals surface area (Å²) in [6.07, 6.45) is 5.63. The predicted octanol–water partition coefficient (Wildman–Crippen LogP) is 4.75. The minimum atomic E-state index is -0.867. The number of pyridine rings is 1. The van der Waals surface area contributed by atoms with E-state index in [1.807, 2.05) is 36.4 Å². The molecular formula is C26H26N2O3. The fourth-order valence-electron chi connectivity index (χ4n) is 4.97. The summed E-state index contributed by atoms with van der Waals surface area (Å²) in [4.78, 5) is 16.6. The third-order valence-corrected chi connectivity index (χ3v) is 6.68.